The second-order valence-corrected chi connectivity index (χ2v) is 5.66. The average Bonchev–Trinajstić information content (AvgIpc) is 2.73. The molecule has 0 aromatic heterocycles. The Kier molecular flexibility index (Phi) is 4.46. The Morgan fingerprint density at radius 2 is 2.12 bits per heavy atom. The third kappa shape index (κ3) is 3.37. The third-order valence-electron chi connectivity index (χ3n) is 3.97. The first-order valence-electron chi connectivity index (χ1n) is 7.72. The average molecular weight is 327 g/mol. The molecule has 1 aliphatic rings. The number of halogens is 1. The number of hydrogen-bond donors (Lipinski definition) is 2. The molecular formula is C18H18FN3O2. The zero-order chi connectivity index (χ0) is 17.1. The molecule has 2 N–H and O–H groups in total. The number of fused-ring (bicyclic) bond motifs is 1. The molecule has 2 aromatic rings. The van der Waals surface area contributed by atoms with Gasteiger partial charge in [0.05, 0.1) is 11.4 Å². The fourth-order valence-corrected chi connectivity index (χ4v) is 2.79. The van der Waals surface area contributed by atoms with Crippen LogP contribution in [0.25, 0.3) is 0 Å². The van der Waals surface area contributed by atoms with Crippen molar-refractivity contribution in [1.29, 1.82) is 0 Å². The van der Waals surface area contributed by atoms with E-state index in [0.717, 1.165) is 11.3 Å². The number of carbonyl (C=O) groups is 2. The number of amides is 2. The zero-order valence-electron chi connectivity index (χ0n) is 13.3. The maximum atomic E-state index is 13.5. The summed E-state index contributed by atoms with van der Waals surface area (Å²) in [4.78, 5) is 25.6. The van der Waals surface area contributed by atoms with Gasteiger partial charge >= 0.3 is 0 Å². The standard InChI is InChI=1S/C18H18FN3O2/c1-20-18(24)13-4-2-3-12(9-13)11-22-8-7-17(23)21-15-10-14(19)5-6-16(15)22/h2-6,9-10H,7-8,11H2,1H3,(H,20,24)(H,21,23). The van der Waals surface area contributed by atoms with Gasteiger partial charge in [-0.2, -0.15) is 0 Å². The molecule has 0 radical (unpaired) electrons. The second kappa shape index (κ2) is 6.70. The van der Waals surface area contributed by atoms with Gasteiger partial charge in [-0.1, -0.05) is 12.1 Å². The van der Waals surface area contributed by atoms with Crippen LogP contribution in [0.3, 0.4) is 0 Å². The molecule has 124 valence electrons. The highest BCUT2D eigenvalue weighted by molar-refractivity contribution is 5.96. The summed E-state index contributed by atoms with van der Waals surface area (Å²) < 4.78 is 13.5. The Balaban J connectivity index is 1.90. The van der Waals surface area contributed by atoms with Gasteiger partial charge in [0.15, 0.2) is 0 Å². The number of rotatable bonds is 3. The van der Waals surface area contributed by atoms with Crippen molar-refractivity contribution in [2.75, 3.05) is 23.8 Å². The number of carbonyl (C=O) groups excluding carboxylic acids is 2. The van der Waals surface area contributed by atoms with E-state index in [0.29, 0.717) is 30.8 Å². The lowest BCUT2D eigenvalue weighted by Gasteiger charge is -2.24. The van der Waals surface area contributed by atoms with Crippen LogP contribution in [0.5, 0.6) is 0 Å². The van der Waals surface area contributed by atoms with Crippen molar-refractivity contribution < 1.29 is 14.0 Å². The first kappa shape index (κ1) is 16.0. The van der Waals surface area contributed by atoms with Crippen molar-refractivity contribution in [2.24, 2.45) is 0 Å². The second-order valence-electron chi connectivity index (χ2n) is 5.66. The minimum absolute atomic E-state index is 0.136. The molecule has 1 heterocycles. The van der Waals surface area contributed by atoms with Crippen molar-refractivity contribution in [1.82, 2.24) is 5.32 Å². The van der Waals surface area contributed by atoms with E-state index < -0.39 is 5.82 Å². The molecule has 0 atom stereocenters. The molecule has 0 fully saturated rings. The van der Waals surface area contributed by atoms with Gasteiger partial charge in [-0.25, -0.2) is 4.39 Å². The molecule has 3 rings (SSSR count). The van der Waals surface area contributed by atoms with E-state index >= 15 is 0 Å². The van der Waals surface area contributed by atoms with E-state index in [-0.39, 0.29) is 11.8 Å². The summed E-state index contributed by atoms with van der Waals surface area (Å²) in [5.41, 5.74) is 2.77. The van der Waals surface area contributed by atoms with Crippen LogP contribution in [0.1, 0.15) is 22.3 Å². The van der Waals surface area contributed by atoms with Crippen molar-refractivity contribution in [3.63, 3.8) is 0 Å². The summed E-state index contributed by atoms with van der Waals surface area (Å²) in [6.45, 7) is 1.05. The molecule has 24 heavy (non-hydrogen) atoms. The normalized spacial score (nSPS) is 13.8. The first-order chi connectivity index (χ1) is 11.6. The molecule has 0 spiro atoms. The lowest BCUT2D eigenvalue weighted by molar-refractivity contribution is -0.115. The number of benzene rings is 2. The van der Waals surface area contributed by atoms with Crippen LogP contribution in [0, 0.1) is 5.82 Å². The molecule has 1 aliphatic heterocycles. The van der Waals surface area contributed by atoms with Crippen LogP contribution in [0.4, 0.5) is 15.8 Å². The minimum atomic E-state index is -0.391. The highest BCUT2D eigenvalue weighted by Gasteiger charge is 2.20. The Labute approximate surface area is 139 Å². The molecule has 2 amide bonds. The number of anilines is 2. The van der Waals surface area contributed by atoms with Gasteiger partial charge in [0, 0.05) is 32.1 Å². The number of nitrogens with zero attached hydrogens (tertiary/aromatic N) is 1. The Morgan fingerprint density at radius 3 is 2.92 bits per heavy atom. The van der Waals surface area contributed by atoms with Crippen LogP contribution in [-0.4, -0.2) is 25.4 Å². The third-order valence-corrected chi connectivity index (χ3v) is 3.97. The highest BCUT2D eigenvalue weighted by Crippen LogP contribution is 2.30. The lowest BCUT2D eigenvalue weighted by Crippen LogP contribution is -2.24. The maximum absolute atomic E-state index is 13.5. The smallest absolute Gasteiger partial charge is 0.251 e. The monoisotopic (exact) mass is 327 g/mol. The van der Waals surface area contributed by atoms with E-state index in [1.165, 1.54) is 12.1 Å². The molecule has 0 bridgehead atoms. The molecule has 0 aliphatic carbocycles. The van der Waals surface area contributed by atoms with Crippen LogP contribution in [0.15, 0.2) is 42.5 Å². The highest BCUT2D eigenvalue weighted by atomic mass is 19.1. The molecule has 0 saturated heterocycles. The SMILES string of the molecule is CNC(=O)c1cccc(CN2CCC(=O)Nc3cc(F)ccc32)c1. The summed E-state index contributed by atoms with van der Waals surface area (Å²) in [6, 6.07) is 11.7. The summed E-state index contributed by atoms with van der Waals surface area (Å²) in [6.07, 6.45) is 0.325. The summed E-state index contributed by atoms with van der Waals surface area (Å²) in [7, 11) is 1.59. The fraction of sp³-hybridized carbons (Fsp3) is 0.222. The Hall–Kier alpha value is -2.89. The summed E-state index contributed by atoms with van der Waals surface area (Å²) >= 11 is 0. The topological polar surface area (TPSA) is 61.4 Å². The largest absolute Gasteiger partial charge is 0.365 e. The van der Waals surface area contributed by atoms with Crippen LogP contribution in [0.2, 0.25) is 0 Å². The Morgan fingerprint density at radius 1 is 1.29 bits per heavy atom. The van der Waals surface area contributed by atoms with E-state index in [1.54, 1.807) is 19.2 Å². The predicted octanol–water partition coefficient (Wildman–Crippen LogP) is 2.53. The lowest BCUT2D eigenvalue weighted by atomic mass is 10.1. The molecule has 2 aromatic carbocycles. The molecular weight excluding hydrogens is 309 g/mol. The van der Waals surface area contributed by atoms with Gasteiger partial charge < -0.3 is 15.5 Å². The van der Waals surface area contributed by atoms with Gasteiger partial charge in [0.25, 0.3) is 5.91 Å². The molecule has 5 nitrogen and oxygen atoms in total. The zero-order valence-corrected chi connectivity index (χ0v) is 13.3. The predicted molar refractivity (Wildman–Crippen MR) is 90.5 cm³/mol. The van der Waals surface area contributed by atoms with Gasteiger partial charge in [0.2, 0.25) is 5.91 Å². The molecule has 0 unspecified atom stereocenters. The Bertz CT molecular complexity index is 792. The van der Waals surface area contributed by atoms with Gasteiger partial charge in [-0.05, 0) is 35.9 Å². The van der Waals surface area contributed by atoms with Crippen molar-refractivity contribution >= 4 is 23.2 Å². The van der Waals surface area contributed by atoms with Crippen LogP contribution < -0.4 is 15.5 Å². The maximum Gasteiger partial charge on any atom is 0.251 e. The van der Waals surface area contributed by atoms with Crippen molar-refractivity contribution in [3.05, 3.63) is 59.4 Å². The van der Waals surface area contributed by atoms with Gasteiger partial charge in [-0.3, -0.25) is 9.59 Å². The molecule has 6 heteroatoms. The van der Waals surface area contributed by atoms with E-state index in [4.69, 9.17) is 0 Å². The van der Waals surface area contributed by atoms with E-state index in [2.05, 4.69) is 10.6 Å². The van der Waals surface area contributed by atoms with Gasteiger partial charge in [0.1, 0.15) is 5.82 Å². The number of hydrogen-bond acceptors (Lipinski definition) is 3. The van der Waals surface area contributed by atoms with E-state index in [9.17, 15) is 14.0 Å². The minimum Gasteiger partial charge on any atom is -0.365 e. The quantitative estimate of drug-likeness (QED) is 0.911. The van der Waals surface area contributed by atoms with Crippen LogP contribution >= 0.6 is 0 Å². The number of nitrogens with one attached hydrogen (secondary N) is 2. The summed E-state index contributed by atoms with van der Waals surface area (Å²) in [5, 5.41) is 5.33. The fourth-order valence-electron chi connectivity index (χ4n) is 2.79. The van der Waals surface area contributed by atoms with E-state index in [1.807, 2.05) is 23.1 Å². The molecule has 0 saturated carbocycles. The van der Waals surface area contributed by atoms with Crippen molar-refractivity contribution in [2.45, 2.75) is 13.0 Å². The van der Waals surface area contributed by atoms with Crippen LogP contribution in [-0.2, 0) is 11.3 Å². The van der Waals surface area contributed by atoms with Gasteiger partial charge in [-0.15, -0.1) is 0 Å². The first-order valence-corrected chi connectivity index (χ1v) is 7.72. The van der Waals surface area contributed by atoms with Crippen molar-refractivity contribution in [3.8, 4) is 0 Å². The summed E-state index contributed by atoms with van der Waals surface area (Å²) in [5.74, 6) is -0.673.